The van der Waals surface area contributed by atoms with E-state index in [1.807, 2.05) is 30.5 Å². The maximum Gasteiger partial charge on any atom is 0.269 e. The third kappa shape index (κ3) is 5.57. The Labute approximate surface area is 192 Å². The number of nitrogens with one attached hydrogen (secondary N) is 4. The molecule has 0 radical (unpaired) electrons. The highest BCUT2D eigenvalue weighted by molar-refractivity contribution is 5.98. The van der Waals surface area contributed by atoms with Crippen LogP contribution < -0.4 is 16.0 Å². The number of pyridine rings is 1. The van der Waals surface area contributed by atoms with Crippen LogP contribution in [-0.2, 0) is 6.42 Å². The summed E-state index contributed by atoms with van der Waals surface area (Å²) < 4.78 is 14.7. The van der Waals surface area contributed by atoms with E-state index < -0.39 is 5.67 Å². The Morgan fingerprint density at radius 3 is 2.88 bits per heavy atom. The monoisotopic (exact) mass is 451 g/mol. The number of benzene rings is 1. The van der Waals surface area contributed by atoms with Crippen molar-refractivity contribution in [1.29, 1.82) is 0 Å². The first-order valence-electron chi connectivity index (χ1n) is 11.4. The number of carbonyl (C=O) groups excluding carboxylic acids is 2. The molecule has 8 heteroatoms. The lowest BCUT2D eigenvalue weighted by Gasteiger charge is -2.30. The molecule has 7 nitrogen and oxygen atoms in total. The van der Waals surface area contributed by atoms with Crippen molar-refractivity contribution in [2.75, 3.05) is 26.7 Å². The first-order valence-corrected chi connectivity index (χ1v) is 11.4. The summed E-state index contributed by atoms with van der Waals surface area (Å²) in [6, 6.07) is 11.2. The van der Waals surface area contributed by atoms with E-state index in [1.165, 1.54) is 13.1 Å². The molecule has 2 aromatic heterocycles. The third-order valence-corrected chi connectivity index (χ3v) is 6.16. The van der Waals surface area contributed by atoms with Crippen molar-refractivity contribution in [2.45, 2.75) is 37.8 Å². The zero-order valence-electron chi connectivity index (χ0n) is 18.8. The minimum Gasteiger partial charge on any atom is -0.361 e. The van der Waals surface area contributed by atoms with Gasteiger partial charge in [0.1, 0.15) is 11.4 Å². The quantitative estimate of drug-likeness (QED) is 0.396. The molecular formula is C25H30FN5O2. The van der Waals surface area contributed by atoms with E-state index in [-0.39, 0.29) is 17.5 Å². The van der Waals surface area contributed by atoms with Gasteiger partial charge in [-0.1, -0.05) is 12.1 Å². The largest absolute Gasteiger partial charge is 0.361 e. The first-order chi connectivity index (χ1) is 16.0. The van der Waals surface area contributed by atoms with Gasteiger partial charge in [0.2, 0.25) is 0 Å². The molecule has 0 bridgehead atoms. The average molecular weight is 452 g/mol. The molecule has 4 rings (SSSR count). The molecule has 0 aliphatic carbocycles. The zero-order chi connectivity index (χ0) is 23.3. The van der Waals surface area contributed by atoms with Gasteiger partial charge in [0.25, 0.3) is 11.8 Å². The number of nitrogens with zero attached hydrogens (tertiary/aromatic N) is 1. The van der Waals surface area contributed by atoms with Crippen LogP contribution in [0.25, 0.3) is 10.9 Å². The summed E-state index contributed by atoms with van der Waals surface area (Å²) >= 11 is 0. The molecule has 0 unspecified atom stereocenters. The number of rotatable bonds is 8. The maximum absolute atomic E-state index is 14.7. The van der Waals surface area contributed by atoms with Crippen LogP contribution in [0.5, 0.6) is 0 Å². The number of aromatic amines is 1. The average Bonchev–Trinajstić information content (AvgIpc) is 3.31. The molecule has 3 aromatic rings. The summed E-state index contributed by atoms with van der Waals surface area (Å²) in [6.07, 6.45) is 4.72. The van der Waals surface area contributed by atoms with Crippen molar-refractivity contribution in [3.63, 3.8) is 0 Å². The summed E-state index contributed by atoms with van der Waals surface area (Å²) in [5.41, 5.74) is 2.07. The number of H-pyrrole nitrogens is 1. The Kier molecular flexibility index (Phi) is 7.03. The van der Waals surface area contributed by atoms with Gasteiger partial charge in [0.15, 0.2) is 0 Å². The number of piperidine rings is 1. The van der Waals surface area contributed by atoms with Crippen LogP contribution in [-0.4, -0.2) is 54.1 Å². The van der Waals surface area contributed by atoms with E-state index in [0.717, 1.165) is 29.4 Å². The maximum atomic E-state index is 14.7. The Hall–Kier alpha value is -3.26. The lowest BCUT2D eigenvalue weighted by atomic mass is 9.91. The predicted molar refractivity (Wildman–Crippen MR) is 126 cm³/mol. The van der Waals surface area contributed by atoms with E-state index in [2.05, 4.69) is 25.9 Å². The lowest BCUT2D eigenvalue weighted by Crippen LogP contribution is -2.42. The van der Waals surface area contributed by atoms with Gasteiger partial charge in [-0.2, -0.15) is 0 Å². The van der Waals surface area contributed by atoms with Gasteiger partial charge in [0, 0.05) is 54.9 Å². The van der Waals surface area contributed by atoms with Gasteiger partial charge in [-0.3, -0.25) is 9.59 Å². The highest BCUT2D eigenvalue weighted by atomic mass is 19.1. The summed E-state index contributed by atoms with van der Waals surface area (Å²) in [5.74, 6) is -0.645. The SMILES string of the molecule is CNC(=O)c1cc(C(=O)NCCC[C@@]2(F)CCCNC2)cc(Cc2cccc3[nH]ccc23)n1. The van der Waals surface area contributed by atoms with Crippen LogP contribution in [0.15, 0.2) is 42.6 Å². The highest BCUT2D eigenvalue weighted by Gasteiger charge is 2.30. The number of hydrogen-bond acceptors (Lipinski definition) is 4. The fourth-order valence-corrected chi connectivity index (χ4v) is 4.41. The zero-order valence-corrected chi connectivity index (χ0v) is 18.8. The second-order valence-corrected chi connectivity index (χ2v) is 8.64. The fourth-order valence-electron chi connectivity index (χ4n) is 4.41. The van der Waals surface area contributed by atoms with Crippen LogP contribution >= 0.6 is 0 Å². The van der Waals surface area contributed by atoms with Gasteiger partial charge >= 0.3 is 0 Å². The van der Waals surface area contributed by atoms with E-state index in [1.54, 1.807) is 6.07 Å². The van der Waals surface area contributed by atoms with Gasteiger partial charge in [-0.05, 0) is 62.1 Å². The van der Waals surface area contributed by atoms with Gasteiger partial charge in [-0.25, -0.2) is 9.37 Å². The summed E-state index contributed by atoms with van der Waals surface area (Å²) in [5, 5.41) is 9.61. The molecule has 1 fully saturated rings. The first kappa shape index (κ1) is 22.9. The molecule has 3 heterocycles. The molecule has 0 spiro atoms. The molecule has 1 atom stereocenters. The molecule has 4 N–H and O–H groups in total. The van der Waals surface area contributed by atoms with Gasteiger partial charge < -0.3 is 20.9 Å². The van der Waals surface area contributed by atoms with Crippen LogP contribution in [0, 0.1) is 0 Å². The summed E-state index contributed by atoms with van der Waals surface area (Å²) in [6.45, 7) is 1.61. The Bertz CT molecular complexity index is 1140. The number of carbonyl (C=O) groups is 2. The van der Waals surface area contributed by atoms with Crippen molar-refractivity contribution in [2.24, 2.45) is 0 Å². The second kappa shape index (κ2) is 10.1. The van der Waals surface area contributed by atoms with Crippen molar-refractivity contribution in [3.8, 4) is 0 Å². The number of fused-ring (bicyclic) bond motifs is 1. The van der Waals surface area contributed by atoms with Crippen LogP contribution in [0.1, 0.15) is 57.8 Å². The van der Waals surface area contributed by atoms with Gasteiger partial charge in [-0.15, -0.1) is 0 Å². The lowest BCUT2D eigenvalue weighted by molar-refractivity contribution is 0.0929. The van der Waals surface area contributed by atoms with Crippen molar-refractivity contribution < 1.29 is 14.0 Å². The van der Waals surface area contributed by atoms with E-state index >= 15 is 0 Å². The predicted octanol–water partition coefficient (Wildman–Crippen LogP) is 3.12. The van der Waals surface area contributed by atoms with Gasteiger partial charge in [0.05, 0.1) is 0 Å². The smallest absolute Gasteiger partial charge is 0.269 e. The van der Waals surface area contributed by atoms with E-state index in [4.69, 9.17) is 0 Å². The number of halogens is 1. The number of alkyl halides is 1. The molecule has 1 aliphatic heterocycles. The topological polar surface area (TPSA) is 98.9 Å². The molecule has 1 saturated heterocycles. The Morgan fingerprint density at radius 1 is 1.21 bits per heavy atom. The minimum absolute atomic E-state index is 0.192. The minimum atomic E-state index is -1.20. The number of hydrogen-bond donors (Lipinski definition) is 4. The molecular weight excluding hydrogens is 421 g/mol. The van der Waals surface area contributed by atoms with Crippen LogP contribution in [0.3, 0.4) is 0 Å². The van der Waals surface area contributed by atoms with Crippen molar-refractivity contribution in [3.05, 3.63) is 65.1 Å². The molecule has 1 aromatic carbocycles. The van der Waals surface area contributed by atoms with E-state index in [0.29, 0.717) is 50.0 Å². The highest BCUT2D eigenvalue weighted by Crippen LogP contribution is 2.26. The molecule has 33 heavy (non-hydrogen) atoms. The Morgan fingerprint density at radius 2 is 2.09 bits per heavy atom. The van der Waals surface area contributed by atoms with Crippen LogP contribution in [0.4, 0.5) is 4.39 Å². The molecule has 0 saturated carbocycles. The summed E-state index contributed by atoms with van der Waals surface area (Å²) in [4.78, 5) is 32.8. The normalized spacial score (nSPS) is 18.2. The fraction of sp³-hybridized carbons (Fsp3) is 0.400. The van der Waals surface area contributed by atoms with Crippen molar-refractivity contribution in [1.82, 2.24) is 25.9 Å². The summed E-state index contributed by atoms with van der Waals surface area (Å²) in [7, 11) is 1.53. The third-order valence-electron chi connectivity index (χ3n) is 6.16. The second-order valence-electron chi connectivity index (χ2n) is 8.64. The standard InChI is InChI=1S/C25H30FN5O2/c1-27-24(33)22-15-18(23(32)30-11-4-9-25(26)8-3-10-28-16-25)14-19(31-22)13-17-5-2-6-21-20(17)7-12-29-21/h2,5-7,12,14-15,28-29H,3-4,8-11,13,16H2,1H3,(H,27,33)(H,30,32)/t25-/m0/s1. The Balaban J connectivity index is 1.46. The number of aromatic nitrogens is 2. The van der Waals surface area contributed by atoms with Crippen molar-refractivity contribution >= 4 is 22.7 Å². The molecule has 2 amide bonds. The molecule has 174 valence electrons. The molecule has 1 aliphatic rings. The number of amides is 2. The van der Waals surface area contributed by atoms with Crippen LogP contribution in [0.2, 0.25) is 0 Å². The van der Waals surface area contributed by atoms with E-state index in [9.17, 15) is 14.0 Å².